The number of allylic oxidation sites excluding steroid dienone is 2. The molecule has 0 saturated heterocycles. The fourth-order valence-electron chi connectivity index (χ4n) is 4.53. The molecule has 4 nitrogen and oxygen atoms in total. The van der Waals surface area contributed by atoms with E-state index in [-0.39, 0.29) is 17.1 Å². The van der Waals surface area contributed by atoms with E-state index in [1.54, 1.807) is 0 Å². The van der Waals surface area contributed by atoms with Gasteiger partial charge in [-0.1, -0.05) is 33.8 Å². The Balaban J connectivity index is 2.53. The zero-order valence-corrected chi connectivity index (χ0v) is 21.9. The number of hydrogen-bond donors (Lipinski definition) is 1. The van der Waals surface area contributed by atoms with E-state index >= 15 is 0 Å². The standard InChI is InChI=1S/C23H41NO3Si2/c1-11-22(5)19(27-29(9,10)21(2,3)4)15-17-14-18(26-28(6,7)8)12-13-23(22,16-24)20(17)25/h11-12,17,19-20,25H,1,13-15H2,2-10H3/t17-,19-,20+,22+,23+/m0/s1. The highest BCUT2D eigenvalue weighted by atomic mass is 28.4. The molecule has 2 aliphatic carbocycles. The van der Waals surface area contributed by atoms with Crippen molar-refractivity contribution in [3.8, 4) is 6.07 Å². The molecule has 0 spiro atoms. The Hall–Kier alpha value is -0.876. The van der Waals surface area contributed by atoms with Gasteiger partial charge in [0.05, 0.1) is 29.5 Å². The van der Waals surface area contributed by atoms with E-state index in [0.717, 1.165) is 5.76 Å². The minimum Gasteiger partial charge on any atom is -0.548 e. The van der Waals surface area contributed by atoms with Gasteiger partial charge in [0, 0.05) is 11.8 Å². The fourth-order valence-corrected chi connectivity index (χ4v) is 6.89. The molecule has 0 aliphatic heterocycles. The van der Waals surface area contributed by atoms with Crippen molar-refractivity contribution in [1.82, 2.24) is 0 Å². The Morgan fingerprint density at radius 1 is 1.28 bits per heavy atom. The summed E-state index contributed by atoms with van der Waals surface area (Å²) in [5.74, 6) is 0.882. The zero-order valence-electron chi connectivity index (χ0n) is 19.9. The summed E-state index contributed by atoms with van der Waals surface area (Å²) < 4.78 is 13.2. The van der Waals surface area contributed by atoms with Crippen molar-refractivity contribution < 1.29 is 14.0 Å². The predicted octanol–water partition coefficient (Wildman–Crippen LogP) is 5.99. The number of aliphatic hydroxyl groups is 1. The molecule has 0 aromatic heterocycles. The number of aliphatic hydroxyl groups excluding tert-OH is 1. The molecule has 2 rings (SSSR count). The normalized spacial score (nSPS) is 35.9. The third-order valence-electron chi connectivity index (χ3n) is 7.52. The molecule has 0 radical (unpaired) electrons. The Labute approximate surface area is 180 Å². The second-order valence-electron chi connectivity index (χ2n) is 11.7. The van der Waals surface area contributed by atoms with Crippen LogP contribution in [-0.4, -0.2) is 33.9 Å². The van der Waals surface area contributed by atoms with Crippen LogP contribution >= 0.6 is 0 Å². The van der Waals surface area contributed by atoms with E-state index in [0.29, 0.717) is 19.3 Å². The molecule has 1 saturated carbocycles. The molecule has 0 aromatic carbocycles. The predicted molar refractivity (Wildman–Crippen MR) is 124 cm³/mol. The Kier molecular flexibility index (Phi) is 6.45. The van der Waals surface area contributed by atoms with Crippen molar-refractivity contribution in [1.29, 1.82) is 5.26 Å². The first-order valence-corrected chi connectivity index (χ1v) is 17.1. The van der Waals surface area contributed by atoms with Crippen LogP contribution < -0.4 is 0 Å². The van der Waals surface area contributed by atoms with Crippen molar-refractivity contribution in [3.05, 3.63) is 24.5 Å². The summed E-state index contributed by atoms with van der Waals surface area (Å²) in [6, 6.07) is 2.54. The van der Waals surface area contributed by atoms with Crippen molar-refractivity contribution in [2.45, 2.75) is 96.9 Å². The second-order valence-corrected chi connectivity index (χ2v) is 20.9. The minimum absolute atomic E-state index is 0.0532. The van der Waals surface area contributed by atoms with E-state index in [9.17, 15) is 10.4 Å². The topological polar surface area (TPSA) is 62.5 Å². The number of rotatable bonds is 5. The van der Waals surface area contributed by atoms with E-state index in [2.05, 4.69) is 79.2 Å². The first-order chi connectivity index (χ1) is 13.0. The lowest BCUT2D eigenvalue weighted by molar-refractivity contribution is -0.134. The highest BCUT2D eigenvalue weighted by Crippen LogP contribution is 2.59. The molecule has 6 heteroatoms. The van der Waals surface area contributed by atoms with Gasteiger partial charge in [-0.2, -0.15) is 5.26 Å². The quantitative estimate of drug-likeness (QED) is 0.425. The van der Waals surface area contributed by atoms with E-state index in [4.69, 9.17) is 8.85 Å². The maximum atomic E-state index is 11.4. The van der Waals surface area contributed by atoms with Gasteiger partial charge < -0.3 is 14.0 Å². The number of fused-ring (bicyclic) bond motifs is 2. The zero-order chi connectivity index (χ0) is 22.5. The molecule has 1 fully saturated rings. The van der Waals surface area contributed by atoms with E-state index < -0.39 is 33.6 Å². The minimum atomic E-state index is -2.06. The average Bonchev–Trinajstić information content (AvgIpc) is 2.66. The molecule has 0 amide bonds. The molecule has 29 heavy (non-hydrogen) atoms. The van der Waals surface area contributed by atoms with Crippen LogP contribution in [0.3, 0.4) is 0 Å². The summed E-state index contributed by atoms with van der Waals surface area (Å²) in [6.45, 7) is 23.9. The third kappa shape index (κ3) is 4.30. The number of hydrogen-bond acceptors (Lipinski definition) is 4. The summed E-state index contributed by atoms with van der Waals surface area (Å²) in [4.78, 5) is 0. The highest BCUT2D eigenvalue weighted by Gasteiger charge is 2.63. The van der Waals surface area contributed by atoms with Crippen LogP contribution in [-0.2, 0) is 8.85 Å². The van der Waals surface area contributed by atoms with Gasteiger partial charge in [-0.15, -0.1) is 6.58 Å². The SMILES string of the molecule is C=C[C@]1(C)[C@@H](O[Si](C)(C)C(C)(C)C)C[C@@H]2CC(O[Si](C)(C)C)=CC[C@@]1(C#N)[C@@H]2O. The van der Waals surface area contributed by atoms with Gasteiger partial charge in [0.15, 0.2) is 8.32 Å². The average molecular weight is 436 g/mol. The van der Waals surface area contributed by atoms with Gasteiger partial charge in [-0.25, -0.2) is 0 Å². The Morgan fingerprint density at radius 3 is 2.31 bits per heavy atom. The summed E-state index contributed by atoms with van der Waals surface area (Å²) in [5.41, 5.74) is -1.60. The molecule has 2 aliphatic rings. The van der Waals surface area contributed by atoms with Crippen LogP contribution in [0.4, 0.5) is 0 Å². The lowest BCUT2D eigenvalue weighted by Gasteiger charge is -2.57. The van der Waals surface area contributed by atoms with Crippen LogP contribution in [0.2, 0.25) is 37.8 Å². The molecular weight excluding hydrogens is 394 g/mol. The lowest BCUT2D eigenvalue weighted by Crippen LogP contribution is -2.62. The van der Waals surface area contributed by atoms with Gasteiger partial charge in [-0.3, -0.25) is 0 Å². The first kappa shape index (κ1) is 24.4. The summed E-state index contributed by atoms with van der Waals surface area (Å²) in [5, 5.41) is 21.8. The fraction of sp³-hybridized carbons (Fsp3) is 0.783. The van der Waals surface area contributed by atoms with Gasteiger partial charge in [0.25, 0.3) is 0 Å². The molecule has 0 aromatic rings. The van der Waals surface area contributed by atoms with Gasteiger partial charge >= 0.3 is 0 Å². The smallest absolute Gasteiger partial charge is 0.241 e. The largest absolute Gasteiger partial charge is 0.548 e. The summed E-state index contributed by atoms with van der Waals surface area (Å²) in [7, 11) is -3.83. The maximum Gasteiger partial charge on any atom is 0.241 e. The summed E-state index contributed by atoms with van der Waals surface area (Å²) >= 11 is 0. The molecule has 2 bridgehead atoms. The van der Waals surface area contributed by atoms with Crippen LogP contribution in [0, 0.1) is 28.1 Å². The first-order valence-electron chi connectivity index (χ1n) is 10.8. The second kappa shape index (κ2) is 7.67. The number of nitriles is 1. The monoisotopic (exact) mass is 435 g/mol. The van der Waals surface area contributed by atoms with E-state index in [1.807, 2.05) is 6.08 Å². The maximum absolute atomic E-state index is 11.4. The van der Waals surface area contributed by atoms with Crippen molar-refractivity contribution in [3.63, 3.8) is 0 Å². The summed E-state index contributed by atoms with van der Waals surface area (Å²) in [6.07, 6.45) is 4.89. The molecule has 1 N–H and O–H groups in total. The molecule has 5 atom stereocenters. The Bertz CT molecular complexity index is 713. The highest BCUT2D eigenvalue weighted by molar-refractivity contribution is 6.74. The molecular formula is C23H41NO3Si2. The van der Waals surface area contributed by atoms with Gasteiger partial charge in [0.1, 0.15) is 0 Å². The van der Waals surface area contributed by atoms with Crippen molar-refractivity contribution >= 4 is 16.6 Å². The molecule has 0 heterocycles. The van der Waals surface area contributed by atoms with Crippen molar-refractivity contribution in [2.24, 2.45) is 16.7 Å². The molecule has 164 valence electrons. The van der Waals surface area contributed by atoms with Crippen LogP contribution in [0.25, 0.3) is 0 Å². The van der Waals surface area contributed by atoms with Gasteiger partial charge in [0.2, 0.25) is 8.32 Å². The number of nitrogens with zero attached hydrogens (tertiary/aromatic N) is 1. The van der Waals surface area contributed by atoms with Crippen LogP contribution in [0.1, 0.15) is 47.0 Å². The molecule has 0 unspecified atom stereocenters. The Morgan fingerprint density at radius 2 is 1.86 bits per heavy atom. The van der Waals surface area contributed by atoms with E-state index in [1.165, 1.54) is 0 Å². The third-order valence-corrected chi connectivity index (χ3v) is 12.9. The van der Waals surface area contributed by atoms with Gasteiger partial charge in [-0.05, 0) is 62.6 Å². The van der Waals surface area contributed by atoms with Crippen LogP contribution in [0.5, 0.6) is 0 Å². The van der Waals surface area contributed by atoms with Crippen molar-refractivity contribution in [2.75, 3.05) is 0 Å². The van der Waals surface area contributed by atoms with Crippen LogP contribution in [0.15, 0.2) is 24.5 Å². The lowest BCUT2D eigenvalue weighted by atomic mass is 9.51.